The number of rotatable bonds is 7. The largest absolute Gasteiger partial charge is 0.401 e. The summed E-state index contributed by atoms with van der Waals surface area (Å²) in [4.78, 5) is 10.9. The van der Waals surface area contributed by atoms with Gasteiger partial charge in [0.15, 0.2) is 0 Å². The van der Waals surface area contributed by atoms with Crippen molar-refractivity contribution in [3.63, 3.8) is 0 Å². The van der Waals surface area contributed by atoms with Crippen LogP contribution >= 0.6 is 0 Å². The summed E-state index contributed by atoms with van der Waals surface area (Å²) in [5, 5.41) is 4.02. The molecule has 0 spiro atoms. The maximum atomic E-state index is 10.9. The molecule has 0 unspecified atom stereocenters. The monoisotopic (exact) mass is 215 g/mol. The van der Waals surface area contributed by atoms with Gasteiger partial charge in [-0.25, -0.2) is 5.84 Å². The quantitative estimate of drug-likeness (QED) is 0.316. The van der Waals surface area contributed by atoms with Crippen LogP contribution in [0, 0.1) is 0 Å². The number of hydrazine groups is 1. The predicted octanol–water partition coefficient (Wildman–Crippen LogP) is -1.16. The first kappa shape index (κ1) is 13.7. The van der Waals surface area contributed by atoms with E-state index >= 15 is 0 Å². The van der Waals surface area contributed by atoms with Crippen LogP contribution in [-0.4, -0.2) is 31.1 Å². The number of carbonyl (C=O) groups is 1. The van der Waals surface area contributed by atoms with Gasteiger partial charge < -0.3 is 21.8 Å². The highest BCUT2D eigenvalue weighted by Gasteiger charge is 2.00. The molecule has 0 aliphatic rings. The number of carbonyl (C=O) groups excluding carboxylic acids is 1. The van der Waals surface area contributed by atoms with E-state index in [1.165, 1.54) is 5.01 Å². The van der Waals surface area contributed by atoms with Gasteiger partial charge in [-0.2, -0.15) is 0 Å². The molecule has 0 fully saturated rings. The van der Waals surface area contributed by atoms with E-state index in [-0.39, 0.29) is 5.91 Å². The molecule has 0 bridgehead atoms. The zero-order valence-corrected chi connectivity index (χ0v) is 9.20. The number of allylic oxidation sites excluding steroid dienone is 1. The average Bonchev–Trinajstić information content (AvgIpc) is 2.22. The van der Waals surface area contributed by atoms with E-state index in [1.54, 1.807) is 13.2 Å². The summed E-state index contributed by atoms with van der Waals surface area (Å²) in [7, 11) is 1.60. The number of nitrogens with zero attached hydrogens (tertiary/aromatic N) is 1. The van der Waals surface area contributed by atoms with E-state index in [0.717, 1.165) is 6.42 Å². The lowest BCUT2D eigenvalue weighted by Gasteiger charge is -2.14. The molecule has 15 heavy (non-hydrogen) atoms. The highest BCUT2D eigenvalue weighted by atomic mass is 16.1. The van der Waals surface area contributed by atoms with E-state index in [4.69, 9.17) is 17.3 Å². The van der Waals surface area contributed by atoms with Crippen LogP contribution in [-0.2, 0) is 4.79 Å². The van der Waals surface area contributed by atoms with Crippen molar-refractivity contribution in [1.82, 2.24) is 10.3 Å². The van der Waals surface area contributed by atoms with Gasteiger partial charge in [-0.1, -0.05) is 0 Å². The molecule has 0 aliphatic carbocycles. The van der Waals surface area contributed by atoms with E-state index in [1.807, 2.05) is 0 Å². The molecule has 0 aromatic heterocycles. The van der Waals surface area contributed by atoms with Crippen LogP contribution in [0.15, 0.2) is 11.9 Å². The Morgan fingerprint density at radius 2 is 2.13 bits per heavy atom. The number of hydrogen-bond donors (Lipinski definition) is 4. The topological polar surface area (TPSA) is 110 Å². The maximum absolute atomic E-state index is 10.9. The lowest BCUT2D eigenvalue weighted by atomic mass is 10.2. The highest BCUT2D eigenvalue weighted by molar-refractivity contribution is 5.75. The number of hydrogen-bond acceptors (Lipinski definition) is 5. The minimum absolute atomic E-state index is 0.0307. The van der Waals surface area contributed by atoms with Crippen LogP contribution in [0.3, 0.4) is 0 Å². The first-order valence-electron chi connectivity index (χ1n) is 4.98. The SMILES string of the molecule is CNC(=O)CC/C(N)=C/N(N)CCCN. The van der Waals surface area contributed by atoms with Crippen molar-refractivity contribution < 1.29 is 4.79 Å². The molecule has 0 saturated heterocycles. The molecular weight excluding hydrogens is 194 g/mol. The molecule has 0 aromatic carbocycles. The summed E-state index contributed by atoms with van der Waals surface area (Å²) < 4.78 is 0. The molecule has 6 heteroatoms. The second-order valence-corrected chi connectivity index (χ2v) is 3.26. The van der Waals surface area contributed by atoms with Crippen molar-refractivity contribution in [1.29, 1.82) is 0 Å². The molecule has 0 heterocycles. The van der Waals surface area contributed by atoms with Crippen molar-refractivity contribution in [3.05, 3.63) is 11.9 Å². The van der Waals surface area contributed by atoms with Gasteiger partial charge in [-0.15, -0.1) is 0 Å². The smallest absolute Gasteiger partial charge is 0.220 e. The fourth-order valence-electron chi connectivity index (χ4n) is 0.999. The van der Waals surface area contributed by atoms with Gasteiger partial charge >= 0.3 is 0 Å². The van der Waals surface area contributed by atoms with Crippen molar-refractivity contribution in [3.8, 4) is 0 Å². The second kappa shape index (κ2) is 8.07. The molecule has 0 rings (SSSR count). The lowest BCUT2D eigenvalue weighted by Crippen LogP contribution is -2.29. The fraction of sp³-hybridized carbons (Fsp3) is 0.667. The molecule has 0 saturated carbocycles. The normalized spacial score (nSPS) is 11.3. The van der Waals surface area contributed by atoms with Crippen LogP contribution in [0.25, 0.3) is 0 Å². The van der Waals surface area contributed by atoms with Gasteiger partial charge in [0.25, 0.3) is 0 Å². The lowest BCUT2D eigenvalue weighted by molar-refractivity contribution is -0.120. The molecular formula is C9H21N5O. The maximum Gasteiger partial charge on any atom is 0.220 e. The third kappa shape index (κ3) is 7.77. The van der Waals surface area contributed by atoms with Crippen LogP contribution < -0.4 is 22.6 Å². The third-order valence-electron chi connectivity index (χ3n) is 1.87. The standard InChI is InChI=1S/C9H21N5O/c1-13-9(15)4-3-8(11)7-14(12)6-2-5-10/h7H,2-6,10-12H2,1H3,(H,13,15)/b8-7-. The Balaban J connectivity index is 3.81. The minimum atomic E-state index is -0.0307. The molecule has 88 valence electrons. The van der Waals surface area contributed by atoms with Gasteiger partial charge in [-0.05, 0) is 19.4 Å². The first-order chi connectivity index (χ1) is 7.10. The Morgan fingerprint density at radius 3 is 2.67 bits per heavy atom. The minimum Gasteiger partial charge on any atom is -0.401 e. The fourth-order valence-corrected chi connectivity index (χ4v) is 0.999. The van der Waals surface area contributed by atoms with Crippen LogP contribution in [0.2, 0.25) is 0 Å². The van der Waals surface area contributed by atoms with E-state index in [2.05, 4.69) is 5.32 Å². The summed E-state index contributed by atoms with van der Waals surface area (Å²) in [6, 6.07) is 0. The second-order valence-electron chi connectivity index (χ2n) is 3.26. The molecule has 0 radical (unpaired) electrons. The summed E-state index contributed by atoms with van der Waals surface area (Å²) in [5.41, 5.74) is 11.6. The first-order valence-corrected chi connectivity index (χ1v) is 4.98. The summed E-state index contributed by atoms with van der Waals surface area (Å²) >= 11 is 0. The Hall–Kier alpha value is -1.27. The van der Waals surface area contributed by atoms with Crippen molar-refractivity contribution >= 4 is 5.91 Å². The predicted molar refractivity (Wildman–Crippen MR) is 60.1 cm³/mol. The average molecular weight is 215 g/mol. The van der Waals surface area contributed by atoms with E-state index in [9.17, 15) is 4.79 Å². The molecule has 1 amide bonds. The molecule has 0 aromatic rings. The molecule has 7 N–H and O–H groups in total. The van der Waals surface area contributed by atoms with Crippen molar-refractivity contribution in [2.24, 2.45) is 17.3 Å². The number of amides is 1. The molecule has 0 atom stereocenters. The van der Waals surface area contributed by atoms with Crippen LogP contribution in [0.5, 0.6) is 0 Å². The number of nitrogens with two attached hydrogens (primary N) is 3. The zero-order chi connectivity index (χ0) is 11.7. The highest BCUT2D eigenvalue weighted by Crippen LogP contribution is 1.98. The molecule has 0 aliphatic heterocycles. The van der Waals surface area contributed by atoms with Gasteiger partial charge in [0.05, 0.1) is 0 Å². The van der Waals surface area contributed by atoms with Crippen molar-refractivity contribution in [2.75, 3.05) is 20.1 Å². The third-order valence-corrected chi connectivity index (χ3v) is 1.87. The van der Waals surface area contributed by atoms with Crippen LogP contribution in [0.4, 0.5) is 0 Å². The Kier molecular flexibility index (Phi) is 7.39. The van der Waals surface area contributed by atoms with E-state index < -0.39 is 0 Å². The summed E-state index contributed by atoms with van der Waals surface area (Å²) in [6.45, 7) is 1.26. The molecule has 6 nitrogen and oxygen atoms in total. The number of nitrogens with one attached hydrogen (secondary N) is 1. The van der Waals surface area contributed by atoms with Gasteiger partial charge in [0, 0.05) is 31.9 Å². The Morgan fingerprint density at radius 1 is 1.47 bits per heavy atom. The van der Waals surface area contributed by atoms with Gasteiger partial charge in [0.2, 0.25) is 5.91 Å². The zero-order valence-electron chi connectivity index (χ0n) is 9.20. The van der Waals surface area contributed by atoms with Gasteiger partial charge in [-0.3, -0.25) is 4.79 Å². The summed E-state index contributed by atoms with van der Waals surface area (Å²) in [6.07, 6.45) is 3.34. The summed E-state index contributed by atoms with van der Waals surface area (Å²) in [5.74, 6) is 5.59. The van der Waals surface area contributed by atoms with Crippen molar-refractivity contribution in [2.45, 2.75) is 19.3 Å². The van der Waals surface area contributed by atoms with Gasteiger partial charge in [0.1, 0.15) is 0 Å². The van der Waals surface area contributed by atoms with Crippen LogP contribution in [0.1, 0.15) is 19.3 Å². The van der Waals surface area contributed by atoms with E-state index in [0.29, 0.717) is 31.6 Å². The Labute approximate surface area is 90.4 Å². The Bertz CT molecular complexity index is 217.